The largest absolute Gasteiger partial charge is 0.493 e. The molecule has 0 aromatic rings. The van der Waals surface area contributed by atoms with E-state index in [2.05, 4.69) is 52.6 Å². The van der Waals surface area contributed by atoms with E-state index in [0.717, 1.165) is 51.6 Å². The molecule has 96 valence electrons. The van der Waals surface area contributed by atoms with Crippen LogP contribution in [0.15, 0.2) is 24.0 Å². The van der Waals surface area contributed by atoms with Gasteiger partial charge in [-0.3, -0.25) is 4.90 Å². The zero-order valence-electron chi connectivity index (χ0n) is 10.3. The molecule has 1 saturated heterocycles. The van der Waals surface area contributed by atoms with E-state index in [4.69, 9.17) is 9.47 Å². The lowest BCUT2D eigenvalue weighted by Gasteiger charge is -2.27. The number of rotatable bonds is 4. The average molecular weight is 349 g/mol. The van der Waals surface area contributed by atoms with E-state index in [0.29, 0.717) is 0 Å². The van der Waals surface area contributed by atoms with Crippen LogP contribution in [-0.4, -0.2) is 47.8 Å². The van der Waals surface area contributed by atoms with Crippen LogP contribution >= 0.6 is 22.6 Å². The smallest absolute Gasteiger partial charge is 0.115 e. The Hall–Kier alpha value is -0.0700. The normalized spacial score (nSPS) is 30.1. The van der Waals surface area contributed by atoms with E-state index in [9.17, 15) is 0 Å². The van der Waals surface area contributed by atoms with Gasteiger partial charge in [0.05, 0.1) is 13.2 Å². The van der Waals surface area contributed by atoms with Crippen molar-refractivity contribution in [1.29, 1.82) is 0 Å². The molecule has 2 rings (SSSR count). The third kappa shape index (κ3) is 4.60. The molecule has 0 spiro atoms. The minimum Gasteiger partial charge on any atom is -0.493 e. The summed E-state index contributed by atoms with van der Waals surface area (Å²) in [6, 6.07) is 0. The van der Waals surface area contributed by atoms with Gasteiger partial charge in [-0.1, -0.05) is 28.7 Å². The first-order valence-corrected chi connectivity index (χ1v) is 7.25. The van der Waals surface area contributed by atoms with E-state index >= 15 is 0 Å². The second kappa shape index (κ2) is 6.20. The molecule has 0 aromatic heterocycles. The summed E-state index contributed by atoms with van der Waals surface area (Å²) in [5, 5.41) is 0. The summed E-state index contributed by atoms with van der Waals surface area (Å²) in [4.78, 5) is 2.39. The summed E-state index contributed by atoms with van der Waals surface area (Å²) in [5.41, 5.74) is 0. The van der Waals surface area contributed by atoms with Gasteiger partial charge in [-0.25, -0.2) is 0 Å². The van der Waals surface area contributed by atoms with Crippen molar-refractivity contribution in [3.8, 4) is 0 Å². The van der Waals surface area contributed by atoms with Crippen molar-refractivity contribution in [2.24, 2.45) is 0 Å². The van der Waals surface area contributed by atoms with Crippen molar-refractivity contribution in [3.05, 3.63) is 24.0 Å². The van der Waals surface area contributed by atoms with Gasteiger partial charge >= 0.3 is 0 Å². The molecule has 0 radical (unpaired) electrons. The summed E-state index contributed by atoms with van der Waals surface area (Å²) in [7, 11) is 0. The molecule has 0 amide bonds. The SMILES string of the molecule is CC1(I)C=CC(OCCN2CCOCC2)=CC1. The minimum atomic E-state index is 0.259. The zero-order chi connectivity index (χ0) is 12.1. The molecule has 1 aliphatic heterocycles. The van der Waals surface area contributed by atoms with Crippen LogP contribution in [0.4, 0.5) is 0 Å². The first-order chi connectivity index (χ1) is 8.16. The topological polar surface area (TPSA) is 21.7 Å². The summed E-state index contributed by atoms with van der Waals surface area (Å²) in [6.07, 6.45) is 7.55. The number of halogens is 1. The quantitative estimate of drug-likeness (QED) is 0.575. The maximum absolute atomic E-state index is 5.77. The zero-order valence-corrected chi connectivity index (χ0v) is 12.5. The highest BCUT2D eigenvalue weighted by Gasteiger charge is 2.18. The van der Waals surface area contributed by atoms with Crippen molar-refractivity contribution >= 4 is 22.6 Å². The van der Waals surface area contributed by atoms with Crippen molar-refractivity contribution in [2.45, 2.75) is 16.8 Å². The molecule has 0 saturated carbocycles. The molecule has 1 aliphatic carbocycles. The molecule has 1 atom stereocenters. The maximum atomic E-state index is 5.77. The second-order valence-corrected chi connectivity index (χ2v) is 7.19. The molecule has 1 unspecified atom stereocenters. The lowest BCUT2D eigenvalue weighted by Crippen LogP contribution is -2.38. The van der Waals surface area contributed by atoms with Crippen LogP contribution in [0.1, 0.15) is 13.3 Å². The number of morpholine rings is 1. The van der Waals surface area contributed by atoms with Gasteiger partial charge < -0.3 is 9.47 Å². The molecule has 4 heteroatoms. The first kappa shape index (κ1) is 13.4. The summed E-state index contributed by atoms with van der Waals surface area (Å²) >= 11 is 2.46. The summed E-state index contributed by atoms with van der Waals surface area (Å²) in [6.45, 7) is 7.77. The van der Waals surface area contributed by atoms with E-state index in [1.54, 1.807) is 0 Å². The van der Waals surface area contributed by atoms with E-state index < -0.39 is 0 Å². The number of hydrogen-bond donors (Lipinski definition) is 0. The summed E-state index contributed by atoms with van der Waals surface area (Å²) in [5.74, 6) is 1.02. The van der Waals surface area contributed by atoms with Crippen LogP contribution in [0.2, 0.25) is 0 Å². The maximum Gasteiger partial charge on any atom is 0.115 e. The van der Waals surface area contributed by atoms with Gasteiger partial charge in [-0.05, 0) is 25.5 Å². The highest BCUT2D eigenvalue weighted by molar-refractivity contribution is 14.1. The molecular weight excluding hydrogens is 329 g/mol. The van der Waals surface area contributed by atoms with Crippen LogP contribution in [0.25, 0.3) is 0 Å². The van der Waals surface area contributed by atoms with Crippen molar-refractivity contribution < 1.29 is 9.47 Å². The Bertz CT molecular complexity index is 307. The van der Waals surface area contributed by atoms with Crippen molar-refractivity contribution in [2.75, 3.05) is 39.5 Å². The Morgan fingerprint density at radius 2 is 2.24 bits per heavy atom. The van der Waals surface area contributed by atoms with Gasteiger partial charge in [0.25, 0.3) is 0 Å². The van der Waals surface area contributed by atoms with E-state index in [-0.39, 0.29) is 3.42 Å². The molecular formula is C13H20INO2. The molecule has 0 aromatic carbocycles. The standard InChI is InChI=1S/C13H20INO2/c1-13(14)4-2-12(3-5-13)17-11-8-15-6-9-16-10-7-15/h2-4H,5-11H2,1H3. The monoisotopic (exact) mass is 349 g/mol. The van der Waals surface area contributed by atoms with Gasteiger partial charge in [0.2, 0.25) is 0 Å². The second-order valence-electron chi connectivity index (χ2n) is 4.72. The summed E-state index contributed by atoms with van der Waals surface area (Å²) < 4.78 is 11.3. The van der Waals surface area contributed by atoms with E-state index in [1.165, 1.54) is 0 Å². The van der Waals surface area contributed by atoms with Crippen LogP contribution in [0.3, 0.4) is 0 Å². The molecule has 2 aliphatic rings. The number of alkyl halides is 1. The lowest BCUT2D eigenvalue weighted by atomic mass is 10.0. The van der Waals surface area contributed by atoms with Crippen molar-refractivity contribution in [1.82, 2.24) is 4.90 Å². The molecule has 0 bridgehead atoms. The first-order valence-electron chi connectivity index (χ1n) is 6.17. The Balaban J connectivity index is 1.66. The average Bonchev–Trinajstić information content (AvgIpc) is 2.33. The van der Waals surface area contributed by atoms with Gasteiger partial charge in [0, 0.05) is 23.1 Å². The Labute approximate surface area is 117 Å². The Kier molecular flexibility index (Phi) is 4.87. The fraction of sp³-hybridized carbons (Fsp3) is 0.692. The van der Waals surface area contributed by atoms with Crippen LogP contribution < -0.4 is 0 Å². The van der Waals surface area contributed by atoms with E-state index in [1.807, 2.05) is 0 Å². The molecule has 1 fully saturated rings. The highest BCUT2D eigenvalue weighted by Crippen LogP contribution is 2.29. The molecule has 1 heterocycles. The van der Waals surface area contributed by atoms with Crippen LogP contribution in [0.5, 0.6) is 0 Å². The van der Waals surface area contributed by atoms with Gasteiger partial charge in [-0.15, -0.1) is 0 Å². The minimum absolute atomic E-state index is 0.259. The van der Waals surface area contributed by atoms with Gasteiger partial charge in [0.15, 0.2) is 0 Å². The number of nitrogens with zero attached hydrogens (tertiary/aromatic N) is 1. The van der Waals surface area contributed by atoms with Crippen molar-refractivity contribution in [3.63, 3.8) is 0 Å². The fourth-order valence-corrected chi connectivity index (χ4v) is 2.32. The number of hydrogen-bond acceptors (Lipinski definition) is 3. The molecule has 0 N–H and O–H groups in total. The molecule has 3 nitrogen and oxygen atoms in total. The number of ether oxygens (including phenoxy) is 2. The predicted molar refractivity (Wildman–Crippen MR) is 77.5 cm³/mol. The third-order valence-electron chi connectivity index (χ3n) is 3.08. The highest BCUT2D eigenvalue weighted by atomic mass is 127. The van der Waals surface area contributed by atoms with Crippen LogP contribution in [-0.2, 0) is 9.47 Å². The van der Waals surface area contributed by atoms with Gasteiger partial charge in [-0.2, -0.15) is 0 Å². The Morgan fingerprint density at radius 1 is 1.47 bits per heavy atom. The fourth-order valence-electron chi connectivity index (χ4n) is 1.92. The number of allylic oxidation sites excluding steroid dienone is 3. The lowest BCUT2D eigenvalue weighted by molar-refractivity contribution is 0.0280. The molecule has 17 heavy (non-hydrogen) atoms. The third-order valence-corrected chi connectivity index (χ3v) is 3.88. The van der Waals surface area contributed by atoms with Gasteiger partial charge in [0.1, 0.15) is 12.4 Å². The predicted octanol–water partition coefficient (Wildman–Crippen LogP) is 2.37. The Morgan fingerprint density at radius 3 is 2.88 bits per heavy atom. The van der Waals surface area contributed by atoms with Crippen LogP contribution in [0, 0.1) is 0 Å².